The van der Waals surface area contributed by atoms with Crippen LogP contribution in [0.15, 0.2) is 30.2 Å². The lowest BCUT2D eigenvalue weighted by Gasteiger charge is -2.23. The topological polar surface area (TPSA) is 143 Å². The Labute approximate surface area is 204 Å². The number of nitrogens with zero attached hydrogens (tertiary/aromatic N) is 6. The van der Waals surface area contributed by atoms with Crippen LogP contribution in [0.2, 0.25) is 0 Å². The van der Waals surface area contributed by atoms with Crippen LogP contribution in [0.5, 0.6) is 17.2 Å². The summed E-state index contributed by atoms with van der Waals surface area (Å²) in [4.78, 5) is 32.7. The van der Waals surface area contributed by atoms with Gasteiger partial charge in [-0.05, 0) is 12.8 Å². The highest BCUT2D eigenvalue weighted by atomic mass is 32.1. The molecule has 3 N–H and O–H groups in total. The molecule has 35 heavy (non-hydrogen) atoms. The minimum absolute atomic E-state index is 0.349. The number of hydrogen-bond donors (Lipinski definition) is 2. The Balaban J connectivity index is 1.47. The van der Waals surface area contributed by atoms with Crippen molar-refractivity contribution in [2.24, 2.45) is 5.73 Å². The zero-order valence-electron chi connectivity index (χ0n) is 19.4. The highest BCUT2D eigenvalue weighted by molar-refractivity contribution is 7.16. The molecule has 4 aromatic rings. The van der Waals surface area contributed by atoms with Crippen LogP contribution < -0.4 is 30.2 Å². The van der Waals surface area contributed by atoms with Crippen LogP contribution in [0.4, 0.5) is 17.6 Å². The molecule has 1 aromatic carbocycles. The van der Waals surface area contributed by atoms with Crippen molar-refractivity contribution in [2.45, 2.75) is 18.9 Å². The molecule has 1 amide bonds. The summed E-state index contributed by atoms with van der Waals surface area (Å²) in [5.74, 6) is 2.66. The second-order valence-electron chi connectivity index (χ2n) is 7.81. The SMILES string of the molecule is COc1cc(-n2cnc(Nc3nc(N4CCCC4C(N)=O)c4ncsc4n3)c2)cc(OC)c1OC. The molecule has 1 aliphatic rings. The summed E-state index contributed by atoms with van der Waals surface area (Å²) in [5.41, 5.74) is 8.75. The average molecular weight is 497 g/mol. The molecule has 0 radical (unpaired) electrons. The number of hydrogen-bond acceptors (Lipinski definition) is 11. The van der Waals surface area contributed by atoms with E-state index in [1.807, 2.05) is 21.6 Å². The number of thiazole rings is 1. The molecular formula is C22H24N8O4S. The van der Waals surface area contributed by atoms with Crippen molar-refractivity contribution in [1.82, 2.24) is 24.5 Å². The standard InChI is InChI=1S/C22H24N8O4S/c1-32-14-7-12(8-15(33-2)18(14)34-3)29-9-16(24-10-29)26-22-27-20(17-21(28-22)35-11-25-17)30-6-4-5-13(30)19(23)31/h7-11,13H,4-6H2,1-3H3,(H2,23,31)(H,26,27,28). The molecule has 3 aromatic heterocycles. The predicted molar refractivity (Wildman–Crippen MR) is 131 cm³/mol. The largest absolute Gasteiger partial charge is 0.493 e. The summed E-state index contributed by atoms with van der Waals surface area (Å²) >= 11 is 1.40. The molecule has 0 saturated carbocycles. The number of fused-ring (bicyclic) bond motifs is 1. The maximum atomic E-state index is 12.0. The number of aromatic nitrogens is 5. The lowest BCUT2D eigenvalue weighted by Crippen LogP contribution is -2.41. The molecule has 0 spiro atoms. The minimum atomic E-state index is -0.415. The first-order valence-corrected chi connectivity index (χ1v) is 11.7. The van der Waals surface area contributed by atoms with Crippen LogP contribution >= 0.6 is 11.3 Å². The fraction of sp³-hybridized carbons (Fsp3) is 0.318. The van der Waals surface area contributed by atoms with E-state index in [2.05, 4.69) is 25.3 Å². The van der Waals surface area contributed by atoms with E-state index >= 15 is 0 Å². The van der Waals surface area contributed by atoms with E-state index in [0.717, 1.165) is 12.1 Å². The number of primary amides is 1. The third kappa shape index (κ3) is 4.14. The van der Waals surface area contributed by atoms with Crippen LogP contribution in [0, 0.1) is 0 Å². The van der Waals surface area contributed by atoms with E-state index in [0.29, 0.717) is 58.1 Å². The Morgan fingerprint density at radius 3 is 2.60 bits per heavy atom. The third-order valence-electron chi connectivity index (χ3n) is 5.80. The van der Waals surface area contributed by atoms with Crippen molar-refractivity contribution in [3.8, 4) is 22.9 Å². The quantitative estimate of drug-likeness (QED) is 0.373. The van der Waals surface area contributed by atoms with Crippen LogP contribution in [0.1, 0.15) is 12.8 Å². The summed E-state index contributed by atoms with van der Waals surface area (Å²) in [5, 5.41) is 3.16. The van der Waals surface area contributed by atoms with E-state index in [9.17, 15) is 4.79 Å². The van der Waals surface area contributed by atoms with Crippen LogP contribution in [0.25, 0.3) is 16.0 Å². The Bertz CT molecular complexity index is 1360. The molecule has 0 bridgehead atoms. The maximum Gasteiger partial charge on any atom is 0.240 e. The van der Waals surface area contributed by atoms with Crippen molar-refractivity contribution in [2.75, 3.05) is 38.1 Å². The summed E-state index contributed by atoms with van der Waals surface area (Å²) in [6.07, 6.45) is 4.99. The first-order chi connectivity index (χ1) is 17.0. The van der Waals surface area contributed by atoms with Gasteiger partial charge < -0.3 is 34.7 Å². The lowest BCUT2D eigenvalue weighted by atomic mass is 10.2. The monoisotopic (exact) mass is 496 g/mol. The van der Waals surface area contributed by atoms with Crippen LogP contribution in [0.3, 0.4) is 0 Å². The van der Waals surface area contributed by atoms with Gasteiger partial charge in [-0.15, -0.1) is 11.3 Å². The molecule has 13 heteroatoms. The normalized spacial score (nSPS) is 15.4. The molecule has 1 saturated heterocycles. The number of nitrogens with one attached hydrogen (secondary N) is 1. The van der Waals surface area contributed by atoms with Gasteiger partial charge in [0.15, 0.2) is 28.0 Å². The van der Waals surface area contributed by atoms with Gasteiger partial charge in [-0.25, -0.2) is 9.97 Å². The number of benzene rings is 1. The number of amides is 1. The smallest absolute Gasteiger partial charge is 0.240 e. The number of imidazole rings is 1. The molecule has 1 fully saturated rings. The summed E-state index contributed by atoms with van der Waals surface area (Å²) in [7, 11) is 4.69. The first kappa shape index (κ1) is 22.7. The van der Waals surface area contributed by atoms with E-state index in [1.165, 1.54) is 11.3 Å². The number of nitrogens with two attached hydrogens (primary N) is 1. The second-order valence-corrected chi connectivity index (χ2v) is 8.64. The molecule has 4 heterocycles. The third-order valence-corrected chi connectivity index (χ3v) is 6.52. The summed E-state index contributed by atoms with van der Waals surface area (Å²) in [6.45, 7) is 0.673. The lowest BCUT2D eigenvalue weighted by molar-refractivity contribution is -0.119. The Hall–Kier alpha value is -4.13. The number of carbonyl (C=O) groups excluding carboxylic acids is 1. The van der Waals surface area contributed by atoms with Crippen molar-refractivity contribution >= 4 is 45.2 Å². The van der Waals surface area contributed by atoms with Gasteiger partial charge in [0.05, 0.1) is 38.7 Å². The first-order valence-electron chi connectivity index (χ1n) is 10.8. The highest BCUT2D eigenvalue weighted by Gasteiger charge is 2.32. The van der Waals surface area contributed by atoms with Gasteiger partial charge in [-0.1, -0.05) is 0 Å². The molecule has 0 aliphatic carbocycles. The fourth-order valence-corrected chi connectivity index (χ4v) is 4.83. The van der Waals surface area contributed by atoms with Gasteiger partial charge in [0.1, 0.15) is 17.9 Å². The molecule has 1 unspecified atom stereocenters. The Morgan fingerprint density at radius 2 is 1.91 bits per heavy atom. The molecular weight excluding hydrogens is 472 g/mol. The number of carbonyl (C=O) groups is 1. The zero-order valence-corrected chi connectivity index (χ0v) is 20.2. The van der Waals surface area contributed by atoms with Gasteiger partial charge >= 0.3 is 0 Å². The molecule has 182 valence electrons. The predicted octanol–water partition coefficient (Wildman–Crippen LogP) is 2.50. The number of ether oxygens (including phenoxy) is 3. The number of anilines is 3. The average Bonchev–Trinajstić information content (AvgIpc) is 3.63. The summed E-state index contributed by atoms with van der Waals surface area (Å²) in [6, 6.07) is 3.23. The molecule has 1 aliphatic heterocycles. The molecule has 5 rings (SSSR count). The van der Waals surface area contributed by atoms with Gasteiger partial charge in [-0.3, -0.25) is 4.79 Å². The van der Waals surface area contributed by atoms with E-state index in [4.69, 9.17) is 19.9 Å². The summed E-state index contributed by atoms with van der Waals surface area (Å²) < 4.78 is 18.1. The van der Waals surface area contributed by atoms with E-state index < -0.39 is 6.04 Å². The Morgan fingerprint density at radius 1 is 1.14 bits per heavy atom. The van der Waals surface area contributed by atoms with Crippen LogP contribution in [-0.4, -0.2) is 64.3 Å². The van der Waals surface area contributed by atoms with Crippen LogP contribution in [-0.2, 0) is 4.79 Å². The molecule has 1 atom stereocenters. The van der Waals surface area contributed by atoms with Crippen molar-refractivity contribution in [1.29, 1.82) is 0 Å². The number of methoxy groups -OCH3 is 3. The van der Waals surface area contributed by atoms with Gasteiger partial charge in [0.25, 0.3) is 0 Å². The van der Waals surface area contributed by atoms with Crippen molar-refractivity contribution in [3.05, 3.63) is 30.2 Å². The minimum Gasteiger partial charge on any atom is -0.493 e. The molecule has 12 nitrogen and oxygen atoms in total. The van der Waals surface area contributed by atoms with Crippen molar-refractivity contribution < 1.29 is 19.0 Å². The van der Waals surface area contributed by atoms with Gasteiger partial charge in [0, 0.05) is 18.7 Å². The maximum absolute atomic E-state index is 12.0. The van der Waals surface area contributed by atoms with E-state index in [1.54, 1.807) is 39.4 Å². The number of rotatable bonds is 8. The fourth-order valence-electron chi connectivity index (χ4n) is 4.18. The zero-order chi connectivity index (χ0) is 24.5. The second kappa shape index (κ2) is 9.25. The van der Waals surface area contributed by atoms with E-state index in [-0.39, 0.29) is 5.91 Å². The highest BCUT2D eigenvalue weighted by Crippen LogP contribution is 2.39. The van der Waals surface area contributed by atoms with Gasteiger partial charge in [-0.2, -0.15) is 9.97 Å². The van der Waals surface area contributed by atoms with Crippen molar-refractivity contribution in [3.63, 3.8) is 0 Å². The van der Waals surface area contributed by atoms with Gasteiger partial charge in [0.2, 0.25) is 17.6 Å². The Kier molecular flexibility index (Phi) is 5.99.